The minimum absolute atomic E-state index is 0.980. The second kappa shape index (κ2) is 8.99. The van der Waals surface area contributed by atoms with Crippen LogP contribution in [0.1, 0.15) is 29.2 Å². The number of hydrogen-bond acceptors (Lipinski definition) is 1. The number of allylic oxidation sites excluding steroid dienone is 1. The monoisotopic (exact) mass is 373 g/mol. The molecular weight excluding hydrogens is 350 g/mol. The van der Waals surface area contributed by atoms with E-state index in [1.807, 2.05) is 24.3 Å². The first-order chi connectivity index (χ1) is 14.3. The SMILES string of the molecule is CC(N=C(c1ccccc1)c1ccccc1)=C(c1ccccc1)c1ccccc1. The van der Waals surface area contributed by atoms with Crippen LogP contribution in [0.25, 0.3) is 5.57 Å². The molecule has 1 heteroatoms. The second-order valence-electron chi connectivity index (χ2n) is 6.88. The lowest BCUT2D eigenvalue weighted by molar-refractivity contribution is 1.29. The first kappa shape index (κ1) is 18.6. The van der Waals surface area contributed by atoms with Gasteiger partial charge in [0.1, 0.15) is 0 Å². The van der Waals surface area contributed by atoms with Gasteiger partial charge in [-0.2, -0.15) is 0 Å². The van der Waals surface area contributed by atoms with Crippen molar-refractivity contribution < 1.29 is 0 Å². The summed E-state index contributed by atoms with van der Waals surface area (Å²) in [6.45, 7) is 2.10. The molecule has 0 aliphatic carbocycles. The summed E-state index contributed by atoms with van der Waals surface area (Å²) in [5, 5.41) is 0. The molecule has 4 aromatic carbocycles. The van der Waals surface area contributed by atoms with Crippen molar-refractivity contribution in [3.63, 3.8) is 0 Å². The third-order valence-corrected chi connectivity index (χ3v) is 4.86. The summed E-state index contributed by atoms with van der Waals surface area (Å²) < 4.78 is 0. The lowest BCUT2D eigenvalue weighted by atomic mass is 9.96. The molecule has 1 nitrogen and oxygen atoms in total. The fourth-order valence-corrected chi connectivity index (χ4v) is 3.51. The number of aliphatic imine (C=N–C) groups is 1. The Bertz CT molecular complexity index is 1030. The van der Waals surface area contributed by atoms with E-state index in [0.29, 0.717) is 0 Å². The fraction of sp³-hybridized carbons (Fsp3) is 0.0357. The minimum atomic E-state index is 0.980. The minimum Gasteiger partial charge on any atom is -0.252 e. The van der Waals surface area contributed by atoms with E-state index in [-0.39, 0.29) is 0 Å². The highest BCUT2D eigenvalue weighted by Crippen LogP contribution is 2.28. The van der Waals surface area contributed by atoms with Gasteiger partial charge in [0.15, 0.2) is 0 Å². The van der Waals surface area contributed by atoms with Crippen LogP contribution in [0.5, 0.6) is 0 Å². The van der Waals surface area contributed by atoms with E-state index in [1.165, 1.54) is 11.1 Å². The summed E-state index contributed by atoms with van der Waals surface area (Å²) in [4.78, 5) is 5.17. The van der Waals surface area contributed by atoms with Crippen molar-refractivity contribution in [3.05, 3.63) is 149 Å². The molecule has 4 aromatic rings. The molecule has 140 valence electrons. The first-order valence-electron chi connectivity index (χ1n) is 9.84. The van der Waals surface area contributed by atoms with Crippen molar-refractivity contribution in [1.82, 2.24) is 0 Å². The van der Waals surface area contributed by atoms with Gasteiger partial charge >= 0.3 is 0 Å². The van der Waals surface area contributed by atoms with E-state index in [0.717, 1.165) is 28.1 Å². The van der Waals surface area contributed by atoms with Crippen LogP contribution in [0.15, 0.2) is 132 Å². The van der Waals surface area contributed by atoms with Gasteiger partial charge in [-0.1, -0.05) is 121 Å². The Balaban J connectivity index is 1.94. The molecule has 0 unspecified atom stereocenters. The molecule has 0 spiro atoms. The zero-order valence-electron chi connectivity index (χ0n) is 16.5. The predicted octanol–water partition coefficient (Wildman–Crippen LogP) is 7.00. The maximum atomic E-state index is 5.17. The Morgan fingerprint density at radius 2 is 0.759 bits per heavy atom. The third-order valence-electron chi connectivity index (χ3n) is 4.86. The average molecular weight is 373 g/mol. The molecule has 0 saturated carbocycles. The summed E-state index contributed by atoms with van der Waals surface area (Å²) in [5.74, 6) is 0. The molecule has 0 amide bonds. The van der Waals surface area contributed by atoms with Gasteiger partial charge < -0.3 is 0 Å². The molecule has 0 radical (unpaired) electrons. The van der Waals surface area contributed by atoms with Gasteiger partial charge in [-0.25, -0.2) is 0 Å². The van der Waals surface area contributed by atoms with Crippen molar-refractivity contribution in [1.29, 1.82) is 0 Å². The van der Waals surface area contributed by atoms with Crippen LogP contribution in [-0.4, -0.2) is 5.71 Å². The van der Waals surface area contributed by atoms with Crippen molar-refractivity contribution in [2.75, 3.05) is 0 Å². The molecule has 0 atom stereocenters. The number of rotatable bonds is 5. The fourth-order valence-electron chi connectivity index (χ4n) is 3.51. The zero-order chi connectivity index (χ0) is 19.9. The number of benzene rings is 4. The molecule has 0 aliphatic rings. The van der Waals surface area contributed by atoms with Crippen LogP contribution in [0.2, 0.25) is 0 Å². The maximum absolute atomic E-state index is 5.17. The molecule has 0 heterocycles. The normalized spacial score (nSPS) is 10.2. The van der Waals surface area contributed by atoms with Gasteiger partial charge in [0.2, 0.25) is 0 Å². The van der Waals surface area contributed by atoms with Crippen molar-refractivity contribution >= 4 is 11.3 Å². The standard InChI is InChI=1S/C28H23N/c1-22(27(23-14-6-2-7-15-23)24-16-8-3-9-17-24)29-28(25-18-10-4-11-19-25)26-20-12-5-13-21-26/h2-21H,1H3. The quantitative estimate of drug-likeness (QED) is 0.334. The highest BCUT2D eigenvalue weighted by Gasteiger charge is 2.11. The number of nitrogens with zero attached hydrogens (tertiary/aromatic N) is 1. The van der Waals surface area contributed by atoms with Gasteiger partial charge in [-0.15, -0.1) is 0 Å². The molecule has 29 heavy (non-hydrogen) atoms. The smallest absolute Gasteiger partial charge is 0.0777 e. The van der Waals surface area contributed by atoms with Crippen LogP contribution in [0.4, 0.5) is 0 Å². The van der Waals surface area contributed by atoms with Crippen LogP contribution in [-0.2, 0) is 0 Å². The summed E-state index contributed by atoms with van der Waals surface area (Å²) >= 11 is 0. The van der Waals surface area contributed by atoms with Gasteiger partial charge in [-0.05, 0) is 18.1 Å². The van der Waals surface area contributed by atoms with Crippen molar-refractivity contribution in [2.45, 2.75) is 6.92 Å². The molecule has 0 bridgehead atoms. The Morgan fingerprint density at radius 3 is 1.10 bits per heavy atom. The largest absolute Gasteiger partial charge is 0.252 e. The Hall–Kier alpha value is -3.71. The molecule has 0 aliphatic heterocycles. The average Bonchev–Trinajstić information content (AvgIpc) is 2.80. The van der Waals surface area contributed by atoms with E-state index < -0.39 is 0 Å². The first-order valence-corrected chi connectivity index (χ1v) is 9.84. The van der Waals surface area contributed by atoms with Gasteiger partial charge in [-0.3, -0.25) is 4.99 Å². The summed E-state index contributed by atoms with van der Waals surface area (Å²) in [6, 6.07) is 41.7. The predicted molar refractivity (Wildman–Crippen MR) is 123 cm³/mol. The van der Waals surface area contributed by atoms with Gasteiger partial charge in [0.25, 0.3) is 0 Å². The highest BCUT2D eigenvalue weighted by atomic mass is 14.8. The lowest BCUT2D eigenvalue weighted by Gasteiger charge is -2.13. The van der Waals surface area contributed by atoms with Crippen molar-refractivity contribution in [2.24, 2.45) is 4.99 Å². The number of hydrogen-bond donors (Lipinski definition) is 0. The summed E-state index contributed by atoms with van der Waals surface area (Å²) in [7, 11) is 0. The molecule has 0 saturated heterocycles. The molecular formula is C28H23N. The zero-order valence-corrected chi connectivity index (χ0v) is 16.5. The van der Waals surface area contributed by atoms with Crippen LogP contribution in [0.3, 0.4) is 0 Å². The molecule has 0 aromatic heterocycles. The van der Waals surface area contributed by atoms with E-state index >= 15 is 0 Å². The van der Waals surface area contributed by atoms with E-state index in [1.54, 1.807) is 0 Å². The molecule has 0 N–H and O–H groups in total. The van der Waals surface area contributed by atoms with Crippen LogP contribution in [0, 0.1) is 0 Å². The second-order valence-corrected chi connectivity index (χ2v) is 6.88. The van der Waals surface area contributed by atoms with E-state index in [4.69, 9.17) is 4.99 Å². The summed E-state index contributed by atoms with van der Waals surface area (Å²) in [5.41, 5.74) is 7.67. The van der Waals surface area contributed by atoms with Gasteiger partial charge in [0.05, 0.1) is 5.71 Å². The third kappa shape index (κ3) is 4.41. The van der Waals surface area contributed by atoms with Gasteiger partial charge in [0, 0.05) is 22.4 Å². The Morgan fingerprint density at radius 1 is 0.448 bits per heavy atom. The topological polar surface area (TPSA) is 12.4 Å². The Labute approximate surface area is 172 Å². The van der Waals surface area contributed by atoms with Crippen LogP contribution < -0.4 is 0 Å². The molecule has 4 rings (SSSR count). The molecule has 0 fully saturated rings. The van der Waals surface area contributed by atoms with E-state index in [9.17, 15) is 0 Å². The maximum Gasteiger partial charge on any atom is 0.0777 e. The van der Waals surface area contributed by atoms with Crippen molar-refractivity contribution in [3.8, 4) is 0 Å². The van der Waals surface area contributed by atoms with E-state index in [2.05, 4.69) is 104 Å². The lowest BCUT2D eigenvalue weighted by Crippen LogP contribution is -2.04. The summed E-state index contributed by atoms with van der Waals surface area (Å²) in [6.07, 6.45) is 0. The highest BCUT2D eigenvalue weighted by molar-refractivity contribution is 6.13. The van der Waals surface area contributed by atoms with Crippen LogP contribution >= 0.6 is 0 Å². The Kier molecular flexibility index (Phi) is 5.78.